The molecule has 23 heavy (non-hydrogen) atoms. The summed E-state index contributed by atoms with van der Waals surface area (Å²) in [4.78, 5) is 21.7. The van der Waals surface area contributed by atoms with Crippen LogP contribution in [-0.4, -0.2) is 25.7 Å². The summed E-state index contributed by atoms with van der Waals surface area (Å²) in [6.45, 7) is -0.872. The Kier molecular flexibility index (Phi) is 4.79. The maximum atomic E-state index is 12.0. The third kappa shape index (κ3) is 3.92. The van der Waals surface area contributed by atoms with Crippen molar-refractivity contribution in [2.45, 2.75) is 4.90 Å². The zero-order valence-corrected chi connectivity index (χ0v) is 13.2. The van der Waals surface area contributed by atoms with Gasteiger partial charge in [0, 0.05) is 21.1 Å². The van der Waals surface area contributed by atoms with Crippen LogP contribution >= 0.6 is 11.6 Å². The summed E-state index contributed by atoms with van der Waals surface area (Å²) in [5.74, 6) is -0.706. The van der Waals surface area contributed by atoms with Gasteiger partial charge in [-0.1, -0.05) is 35.9 Å². The van der Waals surface area contributed by atoms with E-state index in [4.69, 9.17) is 16.7 Å². The Bertz CT molecular complexity index is 896. The maximum absolute atomic E-state index is 12.0. The zero-order valence-electron chi connectivity index (χ0n) is 11.6. The number of carbonyl (C=O) groups excluding carboxylic acids is 1. The van der Waals surface area contributed by atoms with Crippen molar-refractivity contribution in [2.24, 2.45) is 5.14 Å². The average Bonchev–Trinajstić information content (AvgIpc) is 2.46. The van der Waals surface area contributed by atoms with Crippen LogP contribution in [-0.2, 0) is 10.0 Å². The number of ketones is 1. The molecule has 0 amide bonds. The van der Waals surface area contributed by atoms with Crippen molar-refractivity contribution < 1.29 is 18.1 Å². The molecule has 7 nitrogen and oxygen atoms in total. The number of hydrogen-bond acceptors (Lipinski definition) is 5. The van der Waals surface area contributed by atoms with Crippen LogP contribution in [0.2, 0.25) is 5.02 Å². The summed E-state index contributed by atoms with van der Waals surface area (Å²) in [6, 6.07) is 9.92. The number of hydrogen-bond donors (Lipinski definition) is 1. The first kappa shape index (κ1) is 17.1. The number of rotatable bonds is 5. The van der Waals surface area contributed by atoms with Crippen molar-refractivity contribution in [1.29, 1.82) is 0 Å². The minimum absolute atomic E-state index is 0.0812. The number of nitrogens with two attached hydrogens (primary N) is 1. The van der Waals surface area contributed by atoms with Crippen molar-refractivity contribution in [2.75, 3.05) is 6.54 Å². The molecule has 0 aliphatic heterocycles. The molecule has 2 aromatic rings. The van der Waals surface area contributed by atoms with E-state index in [1.807, 2.05) is 0 Å². The molecule has 0 unspecified atom stereocenters. The predicted octanol–water partition coefficient (Wildman–Crippen LogP) is 2.11. The molecule has 0 radical (unpaired) electrons. The Morgan fingerprint density at radius 2 is 1.83 bits per heavy atom. The highest BCUT2D eigenvalue weighted by Gasteiger charge is 2.20. The molecule has 0 saturated heterocycles. The lowest BCUT2D eigenvalue weighted by molar-refractivity contribution is -0.465. The lowest BCUT2D eigenvalue weighted by Crippen LogP contribution is -2.15. The standard InChI is InChI=1S/C14H11ClN2O5S/c15-13-6-5-9(23(16,21)22)7-12(13)10-3-1-2-4-11(10)14(18)8-17(19)20/h1-7H,8H2,(H2,16,21,22). The number of benzene rings is 2. The fraction of sp³-hybridized carbons (Fsp3) is 0.0714. The van der Waals surface area contributed by atoms with Crippen LogP contribution in [0.4, 0.5) is 0 Å². The van der Waals surface area contributed by atoms with E-state index in [1.165, 1.54) is 30.3 Å². The van der Waals surface area contributed by atoms with Crippen LogP contribution in [0.15, 0.2) is 47.4 Å². The summed E-state index contributed by atoms with van der Waals surface area (Å²) in [5, 5.41) is 15.8. The van der Waals surface area contributed by atoms with Crippen molar-refractivity contribution >= 4 is 27.4 Å². The maximum Gasteiger partial charge on any atom is 0.265 e. The molecule has 0 aromatic heterocycles. The topological polar surface area (TPSA) is 120 Å². The Balaban J connectivity index is 2.64. The van der Waals surface area contributed by atoms with Gasteiger partial charge >= 0.3 is 0 Å². The fourth-order valence-electron chi connectivity index (χ4n) is 2.05. The normalized spacial score (nSPS) is 11.2. The van der Waals surface area contributed by atoms with Crippen molar-refractivity contribution in [3.05, 3.63) is 63.2 Å². The Morgan fingerprint density at radius 3 is 2.43 bits per heavy atom. The Hall–Kier alpha value is -2.29. The van der Waals surface area contributed by atoms with Crippen molar-refractivity contribution in [1.82, 2.24) is 0 Å². The third-order valence-corrected chi connectivity index (χ3v) is 4.30. The van der Waals surface area contributed by atoms with Gasteiger partial charge < -0.3 is 0 Å². The first-order chi connectivity index (χ1) is 10.7. The molecule has 0 heterocycles. The summed E-state index contributed by atoms with van der Waals surface area (Å²) in [5.41, 5.74) is 0.637. The van der Waals surface area contributed by atoms with E-state index in [0.29, 0.717) is 5.56 Å². The molecule has 0 fully saturated rings. The number of Topliss-reactive ketones (excluding diaryl/α,β-unsaturated/α-hetero) is 1. The average molecular weight is 355 g/mol. The minimum atomic E-state index is -3.95. The largest absolute Gasteiger partial charge is 0.287 e. The molecule has 2 aromatic carbocycles. The molecule has 2 rings (SSSR count). The van der Waals surface area contributed by atoms with Gasteiger partial charge in [0.15, 0.2) is 0 Å². The molecular weight excluding hydrogens is 344 g/mol. The number of primary sulfonamides is 1. The van der Waals surface area contributed by atoms with E-state index >= 15 is 0 Å². The van der Waals surface area contributed by atoms with Crippen molar-refractivity contribution in [3.63, 3.8) is 0 Å². The second kappa shape index (κ2) is 6.45. The van der Waals surface area contributed by atoms with Gasteiger partial charge in [0.1, 0.15) is 0 Å². The number of nitrogens with zero attached hydrogens (tertiary/aromatic N) is 1. The van der Waals surface area contributed by atoms with E-state index in [-0.39, 0.29) is 21.0 Å². The predicted molar refractivity (Wildman–Crippen MR) is 84.5 cm³/mol. The monoisotopic (exact) mass is 354 g/mol. The minimum Gasteiger partial charge on any atom is -0.287 e. The Labute approximate surface area is 136 Å². The first-order valence-corrected chi connectivity index (χ1v) is 8.19. The molecule has 0 aliphatic rings. The highest BCUT2D eigenvalue weighted by Crippen LogP contribution is 2.32. The number of nitro groups is 1. The molecule has 0 aliphatic carbocycles. The second-order valence-corrected chi connectivity index (χ2v) is 6.61. The van der Waals surface area contributed by atoms with E-state index in [1.54, 1.807) is 12.1 Å². The van der Waals surface area contributed by atoms with Gasteiger partial charge in [0.25, 0.3) is 6.54 Å². The highest BCUT2D eigenvalue weighted by molar-refractivity contribution is 7.89. The first-order valence-electron chi connectivity index (χ1n) is 6.27. The summed E-state index contributed by atoms with van der Waals surface area (Å²) < 4.78 is 22.9. The molecule has 0 atom stereocenters. The number of sulfonamides is 1. The molecular formula is C14H11ClN2O5S. The second-order valence-electron chi connectivity index (χ2n) is 4.65. The summed E-state index contributed by atoms with van der Waals surface area (Å²) >= 11 is 6.08. The van der Waals surface area contributed by atoms with Gasteiger partial charge in [-0.3, -0.25) is 14.9 Å². The van der Waals surface area contributed by atoms with E-state index in [2.05, 4.69) is 0 Å². The highest BCUT2D eigenvalue weighted by atomic mass is 35.5. The Morgan fingerprint density at radius 1 is 1.17 bits per heavy atom. The van der Waals surface area contributed by atoms with E-state index in [9.17, 15) is 23.3 Å². The van der Waals surface area contributed by atoms with Crippen LogP contribution in [0, 0.1) is 10.1 Å². The smallest absolute Gasteiger partial charge is 0.265 e. The third-order valence-electron chi connectivity index (χ3n) is 3.06. The van der Waals surface area contributed by atoms with Gasteiger partial charge in [-0.05, 0) is 23.8 Å². The van der Waals surface area contributed by atoms with Gasteiger partial charge in [-0.25, -0.2) is 13.6 Å². The molecule has 0 saturated carbocycles. The summed E-state index contributed by atoms with van der Waals surface area (Å²) in [6.07, 6.45) is 0. The van der Waals surface area contributed by atoms with Gasteiger partial charge in [0.2, 0.25) is 15.8 Å². The lowest BCUT2D eigenvalue weighted by atomic mass is 9.97. The molecule has 120 valence electrons. The molecule has 9 heteroatoms. The van der Waals surface area contributed by atoms with Crippen LogP contribution in [0.5, 0.6) is 0 Å². The zero-order chi connectivity index (χ0) is 17.2. The number of carbonyl (C=O) groups is 1. The van der Waals surface area contributed by atoms with Crippen LogP contribution in [0.1, 0.15) is 10.4 Å². The van der Waals surface area contributed by atoms with Gasteiger partial charge in [-0.15, -0.1) is 0 Å². The lowest BCUT2D eigenvalue weighted by Gasteiger charge is -2.10. The van der Waals surface area contributed by atoms with Gasteiger partial charge in [-0.2, -0.15) is 0 Å². The van der Waals surface area contributed by atoms with Crippen LogP contribution < -0.4 is 5.14 Å². The quantitative estimate of drug-likeness (QED) is 0.500. The van der Waals surface area contributed by atoms with Crippen LogP contribution in [0.25, 0.3) is 11.1 Å². The van der Waals surface area contributed by atoms with E-state index < -0.39 is 27.3 Å². The molecule has 0 spiro atoms. The van der Waals surface area contributed by atoms with Gasteiger partial charge in [0.05, 0.1) is 4.90 Å². The van der Waals surface area contributed by atoms with E-state index in [0.717, 1.165) is 0 Å². The SMILES string of the molecule is NS(=O)(=O)c1ccc(Cl)c(-c2ccccc2C(=O)C[N+](=O)[O-])c1. The fourth-order valence-corrected chi connectivity index (χ4v) is 2.81. The molecule has 2 N–H and O–H groups in total. The number of halogens is 1. The van der Waals surface area contributed by atoms with Crippen LogP contribution in [0.3, 0.4) is 0 Å². The summed E-state index contributed by atoms with van der Waals surface area (Å²) in [7, 11) is -3.95. The van der Waals surface area contributed by atoms with Crippen molar-refractivity contribution in [3.8, 4) is 11.1 Å². The molecule has 0 bridgehead atoms.